The van der Waals surface area contributed by atoms with E-state index in [0.717, 1.165) is 96.3 Å². The van der Waals surface area contributed by atoms with Gasteiger partial charge in [0, 0.05) is 18.4 Å². The average molecular weight is 691 g/mol. The Bertz CT molecular complexity index is 1080. The molecule has 49 heavy (non-hydrogen) atoms. The van der Waals surface area contributed by atoms with E-state index < -0.39 is 5.97 Å². The molecule has 10 nitrogen and oxygen atoms in total. The Morgan fingerprint density at radius 1 is 0.531 bits per heavy atom. The number of benzene rings is 1. The Labute approximate surface area is 294 Å². The number of unbranched alkanes of at least 4 members (excludes halogenated alkanes) is 13. The molecule has 1 rings (SSSR count). The fourth-order valence-electron chi connectivity index (χ4n) is 4.74. The minimum atomic E-state index is -0.441. The summed E-state index contributed by atoms with van der Waals surface area (Å²) in [6, 6.07) is 5.31. The lowest BCUT2D eigenvalue weighted by Crippen LogP contribution is -2.11. The SMILES string of the molecule is C=C(C)C(=O)OCCCCCCOC(=O)c1cc(OCCCCCCCCOC(=O)CC)ccc1OCCCCCCCCOC(=O)CC. The molecule has 0 aliphatic rings. The van der Waals surface area contributed by atoms with Gasteiger partial charge in [-0.2, -0.15) is 0 Å². The van der Waals surface area contributed by atoms with Crippen molar-refractivity contribution in [3.8, 4) is 11.5 Å². The van der Waals surface area contributed by atoms with Crippen LogP contribution in [0.4, 0.5) is 0 Å². The normalized spacial score (nSPS) is 10.7. The van der Waals surface area contributed by atoms with Gasteiger partial charge in [0.1, 0.15) is 17.1 Å². The van der Waals surface area contributed by atoms with Crippen molar-refractivity contribution < 1.29 is 47.6 Å². The quantitative estimate of drug-likeness (QED) is 0.0323. The molecule has 0 aromatic heterocycles. The highest BCUT2D eigenvalue weighted by Gasteiger charge is 2.16. The molecule has 1 aromatic carbocycles. The van der Waals surface area contributed by atoms with Crippen molar-refractivity contribution in [2.24, 2.45) is 0 Å². The summed E-state index contributed by atoms with van der Waals surface area (Å²) >= 11 is 0. The second kappa shape index (κ2) is 29.4. The molecular weight excluding hydrogens is 628 g/mol. The molecule has 0 amide bonds. The van der Waals surface area contributed by atoms with Crippen LogP contribution < -0.4 is 9.47 Å². The summed E-state index contributed by atoms with van der Waals surface area (Å²) in [5.74, 6) is -0.0214. The van der Waals surface area contributed by atoms with Crippen molar-refractivity contribution in [2.75, 3.05) is 39.6 Å². The topological polar surface area (TPSA) is 124 Å². The molecule has 0 atom stereocenters. The molecule has 0 bridgehead atoms. The summed E-state index contributed by atoms with van der Waals surface area (Å²) in [4.78, 5) is 47.0. The van der Waals surface area contributed by atoms with Crippen LogP contribution in [-0.4, -0.2) is 63.5 Å². The summed E-state index contributed by atoms with van der Waals surface area (Å²) in [5, 5.41) is 0. The molecule has 0 radical (unpaired) electrons. The smallest absolute Gasteiger partial charge is 0.342 e. The predicted octanol–water partition coefficient (Wildman–Crippen LogP) is 8.87. The maximum absolute atomic E-state index is 13.1. The van der Waals surface area contributed by atoms with Gasteiger partial charge in [0.05, 0.1) is 39.6 Å². The molecule has 0 aliphatic carbocycles. The third-order valence-corrected chi connectivity index (χ3v) is 7.73. The minimum absolute atomic E-state index is 0.145. The Morgan fingerprint density at radius 3 is 1.41 bits per heavy atom. The minimum Gasteiger partial charge on any atom is -0.494 e. The molecule has 0 aliphatic heterocycles. The lowest BCUT2D eigenvalue weighted by Gasteiger charge is -2.14. The third kappa shape index (κ3) is 23.4. The summed E-state index contributed by atoms with van der Waals surface area (Å²) in [5.41, 5.74) is 0.746. The monoisotopic (exact) mass is 690 g/mol. The van der Waals surface area contributed by atoms with Crippen molar-refractivity contribution in [3.05, 3.63) is 35.9 Å². The zero-order chi connectivity index (χ0) is 36.0. The van der Waals surface area contributed by atoms with Crippen molar-refractivity contribution in [1.29, 1.82) is 0 Å². The van der Waals surface area contributed by atoms with E-state index in [2.05, 4.69) is 6.58 Å². The van der Waals surface area contributed by atoms with Crippen LogP contribution in [0.5, 0.6) is 11.5 Å². The van der Waals surface area contributed by atoms with E-state index in [0.29, 0.717) is 74.9 Å². The third-order valence-electron chi connectivity index (χ3n) is 7.73. The first kappa shape index (κ1) is 43.5. The second-order valence-electron chi connectivity index (χ2n) is 12.2. The maximum atomic E-state index is 13.1. The van der Waals surface area contributed by atoms with Crippen LogP contribution in [0.1, 0.15) is 147 Å². The van der Waals surface area contributed by atoms with Crippen LogP contribution in [0, 0.1) is 0 Å². The lowest BCUT2D eigenvalue weighted by molar-refractivity contribution is -0.144. The molecule has 0 fully saturated rings. The molecule has 278 valence electrons. The Morgan fingerprint density at radius 2 is 0.939 bits per heavy atom. The van der Waals surface area contributed by atoms with Crippen LogP contribution in [0.2, 0.25) is 0 Å². The Kier molecular flexibility index (Phi) is 26.0. The van der Waals surface area contributed by atoms with Gasteiger partial charge in [0.15, 0.2) is 0 Å². The van der Waals surface area contributed by atoms with Gasteiger partial charge in [-0.05, 0) is 76.5 Å². The van der Waals surface area contributed by atoms with Crippen LogP contribution in [-0.2, 0) is 33.3 Å². The molecule has 0 unspecified atom stereocenters. The molecule has 1 aromatic rings. The highest BCUT2D eigenvalue weighted by Crippen LogP contribution is 2.26. The number of esters is 4. The van der Waals surface area contributed by atoms with E-state index in [9.17, 15) is 19.2 Å². The lowest BCUT2D eigenvalue weighted by atomic mass is 10.1. The average Bonchev–Trinajstić information content (AvgIpc) is 3.10. The number of carbonyl (C=O) groups excluding carboxylic acids is 4. The van der Waals surface area contributed by atoms with Gasteiger partial charge in [-0.3, -0.25) is 9.59 Å². The number of ether oxygens (including phenoxy) is 6. The highest BCUT2D eigenvalue weighted by atomic mass is 16.5. The number of hydrogen-bond donors (Lipinski definition) is 0. The zero-order valence-corrected chi connectivity index (χ0v) is 30.5. The first-order valence-corrected chi connectivity index (χ1v) is 18.5. The Balaban J connectivity index is 2.47. The van der Waals surface area contributed by atoms with Crippen molar-refractivity contribution in [2.45, 2.75) is 136 Å². The van der Waals surface area contributed by atoms with Gasteiger partial charge in [-0.25, -0.2) is 9.59 Å². The van der Waals surface area contributed by atoms with Crippen molar-refractivity contribution >= 4 is 23.9 Å². The van der Waals surface area contributed by atoms with Gasteiger partial charge in [-0.1, -0.05) is 71.8 Å². The first-order chi connectivity index (χ1) is 23.8. The molecule has 0 heterocycles. The van der Waals surface area contributed by atoms with Gasteiger partial charge < -0.3 is 28.4 Å². The standard InChI is InChI=1S/C39H62O10/c1-5-36(40)46-27-19-13-9-7-11-17-25-44-33-23-24-35(45-26-18-12-8-10-14-20-28-47-37(41)6-2)34(31-33)39(43)49-30-22-16-15-21-29-48-38(42)32(3)4/h23-24,31H,3,5-22,25-30H2,1-2,4H3. The summed E-state index contributed by atoms with van der Waals surface area (Å²) in [6.07, 6.45) is 15.9. The van der Waals surface area contributed by atoms with Crippen molar-refractivity contribution in [3.63, 3.8) is 0 Å². The molecule has 0 spiro atoms. The zero-order valence-electron chi connectivity index (χ0n) is 30.5. The number of hydrogen-bond acceptors (Lipinski definition) is 10. The van der Waals surface area contributed by atoms with E-state index >= 15 is 0 Å². The molecule has 0 N–H and O–H groups in total. The van der Waals surface area contributed by atoms with E-state index in [4.69, 9.17) is 28.4 Å². The largest absolute Gasteiger partial charge is 0.494 e. The first-order valence-electron chi connectivity index (χ1n) is 18.5. The van der Waals surface area contributed by atoms with Gasteiger partial charge in [0.25, 0.3) is 0 Å². The van der Waals surface area contributed by atoms with Gasteiger partial charge in [0.2, 0.25) is 0 Å². The molecule has 10 heteroatoms. The van der Waals surface area contributed by atoms with Gasteiger partial charge >= 0.3 is 23.9 Å². The van der Waals surface area contributed by atoms with E-state index in [1.807, 2.05) is 6.07 Å². The molecular formula is C39H62O10. The van der Waals surface area contributed by atoms with Crippen LogP contribution >= 0.6 is 0 Å². The number of rotatable bonds is 31. The Hall–Kier alpha value is -3.56. The van der Waals surface area contributed by atoms with E-state index in [-0.39, 0.29) is 24.5 Å². The maximum Gasteiger partial charge on any atom is 0.342 e. The molecule has 0 saturated heterocycles. The van der Waals surface area contributed by atoms with E-state index in [1.54, 1.807) is 32.9 Å². The highest BCUT2D eigenvalue weighted by molar-refractivity contribution is 5.93. The fourth-order valence-corrected chi connectivity index (χ4v) is 4.74. The van der Waals surface area contributed by atoms with Crippen LogP contribution in [0.25, 0.3) is 0 Å². The second-order valence-corrected chi connectivity index (χ2v) is 12.2. The van der Waals surface area contributed by atoms with Crippen molar-refractivity contribution in [1.82, 2.24) is 0 Å². The van der Waals surface area contributed by atoms with E-state index in [1.165, 1.54) is 0 Å². The predicted molar refractivity (Wildman–Crippen MR) is 190 cm³/mol. The molecule has 0 saturated carbocycles. The summed E-state index contributed by atoms with van der Waals surface area (Å²) in [6.45, 7) is 11.4. The number of carbonyl (C=O) groups is 4. The summed E-state index contributed by atoms with van der Waals surface area (Å²) < 4.78 is 32.9. The van der Waals surface area contributed by atoms with Gasteiger partial charge in [-0.15, -0.1) is 0 Å². The fraction of sp³-hybridized carbons (Fsp3) is 0.692. The summed E-state index contributed by atoms with van der Waals surface area (Å²) in [7, 11) is 0. The van der Waals surface area contributed by atoms with Crippen LogP contribution in [0.3, 0.4) is 0 Å². The van der Waals surface area contributed by atoms with Crippen LogP contribution in [0.15, 0.2) is 30.4 Å².